The third-order valence-electron chi connectivity index (χ3n) is 6.09. The maximum absolute atomic E-state index is 14.0. The lowest BCUT2D eigenvalue weighted by Crippen LogP contribution is -2.63. The minimum atomic E-state index is -7.51. The van der Waals surface area contributed by atoms with Gasteiger partial charge in [-0.2, -0.15) is 79.0 Å². The Morgan fingerprint density at radius 1 is 0.440 bits per heavy atom. The number of hydrogen-bond acceptors (Lipinski definition) is 7. The number of benzene rings is 2. The van der Waals surface area contributed by atoms with E-state index in [2.05, 4.69) is 9.05 Å². The van der Waals surface area contributed by atoms with Gasteiger partial charge in [-0.15, -0.1) is 0 Å². The van der Waals surface area contributed by atoms with Crippen molar-refractivity contribution in [2.75, 3.05) is 0 Å². The molecule has 0 unspecified atom stereocenters. The first-order valence-electron chi connectivity index (χ1n) is 11.9. The molecule has 0 fully saturated rings. The van der Waals surface area contributed by atoms with Crippen molar-refractivity contribution in [3.05, 3.63) is 59.7 Å². The van der Waals surface area contributed by atoms with Gasteiger partial charge in [0, 0.05) is 0 Å². The molecular weight excluding hydrogens is 813 g/mol. The fourth-order valence-electron chi connectivity index (χ4n) is 3.21. The van der Waals surface area contributed by atoms with Crippen molar-refractivity contribution in [2.24, 2.45) is 0 Å². The zero-order valence-electron chi connectivity index (χ0n) is 23.0. The SMILES string of the molecule is O=[PH](OCc1ccc(S(=O)(=O)C(F)(F)C(F)(F)C(F)(F)C(F)(F)F)cc1)OCc1ccc(S(=O)(=O)C(F)(F)C(F)(F)C(F)(F)C(F)(F)F)cc1. The highest BCUT2D eigenvalue weighted by Gasteiger charge is 2.86. The van der Waals surface area contributed by atoms with Gasteiger partial charge in [0.1, 0.15) is 0 Å². The molecule has 7 nitrogen and oxygen atoms in total. The van der Waals surface area contributed by atoms with Gasteiger partial charge < -0.3 is 9.05 Å². The Morgan fingerprint density at radius 2 is 0.680 bits per heavy atom. The van der Waals surface area contributed by atoms with Gasteiger partial charge >= 0.3 is 54.8 Å². The van der Waals surface area contributed by atoms with Crippen LogP contribution in [0.15, 0.2) is 58.3 Å². The molecule has 2 aromatic rings. The average molecular weight is 826 g/mol. The van der Waals surface area contributed by atoms with E-state index in [9.17, 15) is 100 Å². The monoisotopic (exact) mass is 826 g/mol. The lowest BCUT2D eigenvalue weighted by atomic mass is 10.1. The van der Waals surface area contributed by atoms with Crippen LogP contribution in [0.1, 0.15) is 11.1 Å². The molecule has 28 heteroatoms. The molecule has 0 atom stereocenters. The van der Waals surface area contributed by atoms with Gasteiger partial charge in [-0.1, -0.05) is 24.3 Å². The molecular formula is C22H13F18O7PS2. The molecule has 0 aliphatic rings. The van der Waals surface area contributed by atoms with Crippen molar-refractivity contribution in [1.82, 2.24) is 0 Å². The summed E-state index contributed by atoms with van der Waals surface area (Å²) in [6, 6.07) is 2.01. The second-order valence-electron chi connectivity index (χ2n) is 9.45. The fraction of sp³-hybridized carbons (Fsp3) is 0.455. The zero-order valence-corrected chi connectivity index (χ0v) is 25.6. The van der Waals surface area contributed by atoms with Gasteiger partial charge in [-0.05, 0) is 35.4 Å². The molecule has 0 spiro atoms. The van der Waals surface area contributed by atoms with Crippen LogP contribution in [0.25, 0.3) is 0 Å². The van der Waals surface area contributed by atoms with Crippen LogP contribution in [0.4, 0.5) is 79.0 Å². The van der Waals surface area contributed by atoms with Crippen molar-refractivity contribution in [3.63, 3.8) is 0 Å². The number of alkyl halides is 18. The number of halogens is 18. The van der Waals surface area contributed by atoms with Crippen molar-refractivity contribution in [1.29, 1.82) is 0 Å². The summed E-state index contributed by atoms with van der Waals surface area (Å²) in [6.45, 7) is -1.83. The molecule has 0 bridgehead atoms. The van der Waals surface area contributed by atoms with E-state index in [1.54, 1.807) is 0 Å². The first-order valence-corrected chi connectivity index (χ1v) is 16.1. The topological polar surface area (TPSA) is 104 Å². The fourth-order valence-corrected chi connectivity index (χ4v) is 6.38. The first kappa shape index (κ1) is 43.4. The minimum absolute atomic E-state index is 0.0427. The molecule has 0 saturated carbocycles. The molecule has 0 aliphatic carbocycles. The summed E-state index contributed by atoms with van der Waals surface area (Å²) in [5.41, 5.74) is -0.713. The van der Waals surface area contributed by atoms with Crippen LogP contribution >= 0.6 is 8.25 Å². The molecule has 50 heavy (non-hydrogen) atoms. The number of hydrogen-bond donors (Lipinski definition) is 0. The Morgan fingerprint density at radius 3 is 0.900 bits per heavy atom. The van der Waals surface area contributed by atoms with E-state index in [4.69, 9.17) is 0 Å². The highest BCUT2D eigenvalue weighted by Crippen LogP contribution is 2.57. The minimum Gasteiger partial charge on any atom is -0.306 e. The highest BCUT2D eigenvalue weighted by molar-refractivity contribution is 7.92. The smallest absolute Gasteiger partial charge is 0.306 e. The zero-order chi connectivity index (χ0) is 39.4. The Bertz CT molecular complexity index is 1640. The summed E-state index contributed by atoms with van der Waals surface area (Å²) in [6.07, 6.45) is -14.6. The second kappa shape index (κ2) is 13.3. The standard InChI is InChI=1S/C22H13F18O7PS2/c23-15(24,19(31,32)33)17(27,28)21(37,38)49(42,43)13-5-1-11(2-6-13)9-46-48(41)47-10-12-3-7-14(8-4-12)50(44,45)22(39,40)18(29,30)16(25,26)20(34,35)36/h1-8,48H,9-10H2. The summed E-state index contributed by atoms with van der Waals surface area (Å²) in [7, 11) is -17.6. The quantitative estimate of drug-likeness (QED) is 0.140. The molecule has 0 saturated heterocycles. The maximum Gasteiger partial charge on any atom is 0.460 e. The Balaban J connectivity index is 2.11. The van der Waals surface area contributed by atoms with Crippen LogP contribution in [0, 0.1) is 0 Å². The van der Waals surface area contributed by atoms with E-state index < -0.39 is 97.5 Å². The van der Waals surface area contributed by atoms with Crippen LogP contribution in [-0.2, 0) is 46.5 Å². The normalized spacial score (nSPS) is 15.1. The maximum atomic E-state index is 14.0. The van der Waals surface area contributed by atoms with Gasteiger partial charge in [0.15, 0.2) is 0 Å². The summed E-state index contributed by atoms with van der Waals surface area (Å²) < 4.78 is 305. The number of rotatable bonds is 14. The largest absolute Gasteiger partial charge is 0.460 e. The van der Waals surface area contributed by atoms with Crippen LogP contribution in [0.2, 0.25) is 0 Å². The predicted molar refractivity (Wildman–Crippen MR) is 128 cm³/mol. The third kappa shape index (κ3) is 7.15. The average Bonchev–Trinajstić information content (AvgIpc) is 2.97. The van der Waals surface area contributed by atoms with Crippen molar-refractivity contribution in [3.8, 4) is 0 Å². The molecule has 0 aromatic heterocycles. The summed E-state index contributed by atoms with van der Waals surface area (Å²) in [4.78, 5) is -3.76. The van der Waals surface area contributed by atoms with Crippen LogP contribution in [0.3, 0.4) is 0 Å². The van der Waals surface area contributed by atoms with Crippen LogP contribution in [-0.4, -0.2) is 63.4 Å². The highest BCUT2D eigenvalue weighted by atomic mass is 32.2. The third-order valence-corrected chi connectivity index (χ3v) is 10.5. The summed E-state index contributed by atoms with van der Waals surface area (Å²) >= 11 is 0. The van der Waals surface area contributed by atoms with Gasteiger partial charge in [0.05, 0.1) is 23.0 Å². The summed E-state index contributed by atoms with van der Waals surface area (Å²) in [5, 5.41) is -14.0. The van der Waals surface area contributed by atoms with Gasteiger partial charge in [0.2, 0.25) is 19.7 Å². The first-order chi connectivity index (χ1) is 22.1. The van der Waals surface area contributed by atoms with Crippen LogP contribution < -0.4 is 0 Å². The lowest BCUT2D eigenvalue weighted by Gasteiger charge is -2.33. The van der Waals surface area contributed by atoms with Crippen LogP contribution in [0.5, 0.6) is 0 Å². The second-order valence-corrected chi connectivity index (χ2v) is 14.5. The van der Waals surface area contributed by atoms with E-state index >= 15 is 0 Å². The van der Waals surface area contributed by atoms with E-state index in [1.165, 1.54) is 0 Å². The molecule has 286 valence electrons. The van der Waals surface area contributed by atoms with Crippen molar-refractivity contribution < 1.29 is 109 Å². The molecule has 0 N–H and O–H groups in total. The van der Waals surface area contributed by atoms with E-state index in [0.717, 1.165) is 0 Å². The van der Waals surface area contributed by atoms with E-state index in [0.29, 0.717) is 24.3 Å². The molecule has 0 radical (unpaired) electrons. The Labute approximate surface area is 266 Å². The van der Waals surface area contributed by atoms with Crippen molar-refractivity contribution >= 4 is 27.9 Å². The Hall–Kier alpha value is -2.77. The molecule has 0 amide bonds. The Kier molecular flexibility index (Phi) is 11.6. The molecule has 2 rings (SSSR count). The van der Waals surface area contributed by atoms with Crippen molar-refractivity contribution in [2.45, 2.75) is 69.6 Å². The predicted octanol–water partition coefficient (Wildman–Crippen LogP) is 8.21. The molecule has 0 aliphatic heterocycles. The summed E-state index contributed by atoms with van der Waals surface area (Å²) in [5.74, 6) is -30.0. The van der Waals surface area contributed by atoms with Gasteiger partial charge in [-0.25, -0.2) is 16.8 Å². The van der Waals surface area contributed by atoms with Gasteiger partial charge in [-0.3, -0.25) is 4.57 Å². The van der Waals surface area contributed by atoms with E-state index in [-0.39, 0.29) is 35.4 Å². The number of sulfone groups is 2. The molecule has 0 heterocycles. The lowest BCUT2D eigenvalue weighted by molar-refractivity contribution is -0.382. The van der Waals surface area contributed by atoms with E-state index in [1.807, 2.05) is 0 Å². The van der Waals surface area contributed by atoms with Gasteiger partial charge in [0.25, 0.3) is 0 Å². The molecule has 2 aromatic carbocycles.